The maximum absolute atomic E-state index is 12.3. The van der Waals surface area contributed by atoms with Crippen LogP contribution in [0.4, 0.5) is 0 Å². The molecule has 1 atom stereocenters. The van der Waals surface area contributed by atoms with Crippen LogP contribution in [-0.2, 0) is 9.53 Å². The van der Waals surface area contributed by atoms with Gasteiger partial charge in [0.25, 0.3) is 0 Å². The van der Waals surface area contributed by atoms with Crippen LogP contribution in [0.15, 0.2) is 60.7 Å². The van der Waals surface area contributed by atoms with Gasteiger partial charge < -0.3 is 4.74 Å². The van der Waals surface area contributed by atoms with Crippen LogP contribution in [-0.4, -0.2) is 13.1 Å². The van der Waals surface area contributed by atoms with E-state index in [1.54, 1.807) is 0 Å². The van der Waals surface area contributed by atoms with Gasteiger partial charge >= 0.3 is 5.97 Å². The molecule has 0 amide bonds. The molecule has 0 bridgehead atoms. The van der Waals surface area contributed by atoms with Gasteiger partial charge in [0.15, 0.2) is 0 Å². The van der Waals surface area contributed by atoms with Gasteiger partial charge in [0, 0.05) is 0 Å². The third-order valence-electron chi connectivity index (χ3n) is 4.25. The van der Waals surface area contributed by atoms with Gasteiger partial charge in [0.2, 0.25) is 0 Å². The number of esters is 1. The average molecular weight is 274 g/mol. The lowest BCUT2D eigenvalue weighted by molar-refractivity contribution is -0.141. The topological polar surface area (TPSA) is 26.3 Å². The van der Waals surface area contributed by atoms with Crippen molar-refractivity contribution in [1.82, 2.24) is 0 Å². The molecule has 1 unspecified atom stereocenters. The zero-order valence-corrected chi connectivity index (χ0v) is 11.7. The summed E-state index contributed by atoms with van der Waals surface area (Å²) >= 11 is 0. The van der Waals surface area contributed by atoms with Crippen molar-refractivity contribution >= 4 is 16.7 Å². The van der Waals surface area contributed by atoms with E-state index in [0.717, 1.165) is 16.7 Å². The number of methoxy groups -OCH3 is 1. The first-order valence-corrected chi connectivity index (χ1v) is 7.00. The third kappa shape index (κ3) is 1.62. The van der Waals surface area contributed by atoms with Gasteiger partial charge in [-0.15, -0.1) is 0 Å². The monoisotopic (exact) mass is 274 g/mol. The molecule has 2 heteroatoms. The minimum Gasteiger partial charge on any atom is -0.468 e. The molecule has 2 nitrogen and oxygen atoms in total. The number of rotatable bonds is 1. The Morgan fingerprint density at radius 1 is 0.905 bits per heavy atom. The molecule has 0 fully saturated rings. The zero-order chi connectivity index (χ0) is 14.4. The Hall–Kier alpha value is -2.61. The molecule has 1 aliphatic rings. The highest BCUT2D eigenvalue weighted by molar-refractivity contribution is 6.05. The fourth-order valence-corrected chi connectivity index (χ4v) is 3.35. The molecule has 102 valence electrons. The summed E-state index contributed by atoms with van der Waals surface area (Å²) in [6.45, 7) is 0. The zero-order valence-electron chi connectivity index (χ0n) is 11.7. The summed E-state index contributed by atoms with van der Waals surface area (Å²) in [4.78, 5) is 12.3. The van der Waals surface area contributed by atoms with E-state index in [0.29, 0.717) is 0 Å². The molecular weight excluding hydrogens is 260 g/mol. The van der Waals surface area contributed by atoms with Gasteiger partial charge in [0.1, 0.15) is 5.92 Å². The Kier molecular flexibility index (Phi) is 2.58. The van der Waals surface area contributed by atoms with E-state index in [1.165, 1.54) is 23.4 Å². The van der Waals surface area contributed by atoms with E-state index in [1.807, 2.05) is 30.3 Å². The molecule has 0 saturated carbocycles. The van der Waals surface area contributed by atoms with Crippen molar-refractivity contribution in [3.8, 4) is 11.1 Å². The second-order valence-electron chi connectivity index (χ2n) is 5.29. The largest absolute Gasteiger partial charge is 0.468 e. The fourth-order valence-electron chi connectivity index (χ4n) is 3.35. The summed E-state index contributed by atoms with van der Waals surface area (Å²) in [7, 11) is 1.45. The van der Waals surface area contributed by atoms with Crippen LogP contribution < -0.4 is 0 Å². The molecule has 21 heavy (non-hydrogen) atoms. The van der Waals surface area contributed by atoms with Crippen molar-refractivity contribution in [1.29, 1.82) is 0 Å². The predicted octanol–water partition coefficient (Wildman–Crippen LogP) is 4.13. The lowest BCUT2D eigenvalue weighted by atomic mass is 9.95. The molecule has 0 aliphatic heterocycles. The van der Waals surface area contributed by atoms with Crippen molar-refractivity contribution in [3.63, 3.8) is 0 Å². The Morgan fingerprint density at radius 2 is 1.67 bits per heavy atom. The Labute approximate surface area is 123 Å². The van der Waals surface area contributed by atoms with E-state index < -0.39 is 0 Å². The van der Waals surface area contributed by atoms with Crippen LogP contribution in [0.25, 0.3) is 21.9 Å². The number of fused-ring (bicyclic) bond motifs is 5. The molecule has 4 rings (SSSR count). The first-order chi connectivity index (χ1) is 10.3. The maximum atomic E-state index is 12.3. The van der Waals surface area contributed by atoms with Crippen LogP contribution in [0.2, 0.25) is 0 Å². The molecule has 0 aromatic heterocycles. The smallest absolute Gasteiger partial charge is 0.317 e. The van der Waals surface area contributed by atoms with Crippen LogP contribution >= 0.6 is 0 Å². The van der Waals surface area contributed by atoms with E-state index in [-0.39, 0.29) is 11.9 Å². The minimum absolute atomic E-state index is 0.198. The highest BCUT2D eigenvalue weighted by atomic mass is 16.5. The molecular formula is C19H14O2. The Bertz CT molecular complexity index is 864. The van der Waals surface area contributed by atoms with Crippen LogP contribution in [0, 0.1) is 0 Å². The molecule has 3 aromatic rings. The van der Waals surface area contributed by atoms with Crippen LogP contribution in [0.3, 0.4) is 0 Å². The number of hydrogen-bond donors (Lipinski definition) is 0. The molecule has 0 radical (unpaired) electrons. The summed E-state index contributed by atoms with van der Waals surface area (Å²) in [5, 5.41) is 2.38. The van der Waals surface area contributed by atoms with Gasteiger partial charge in [-0.1, -0.05) is 60.7 Å². The number of ether oxygens (including phenoxy) is 1. The minimum atomic E-state index is -0.314. The number of hydrogen-bond acceptors (Lipinski definition) is 2. The number of carbonyl (C=O) groups excluding carboxylic acids is 1. The summed E-state index contributed by atoms with van der Waals surface area (Å²) in [6, 6.07) is 20.5. The molecule has 0 spiro atoms. The molecule has 3 aromatic carbocycles. The molecule has 0 N–H and O–H groups in total. The third-order valence-corrected chi connectivity index (χ3v) is 4.25. The molecule has 1 aliphatic carbocycles. The van der Waals surface area contributed by atoms with Crippen LogP contribution in [0.5, 0.6) is 0 Å². The van der Waals surface area contributed by atoms with Crippen molar-refractivity contribution in [2.45, 2.75) is 5.92 Å². The normalized spacial score (nSPS) is 15.6. The number of benzene rings is 3. The lowest BCUT2D eigenvalue weighted by Crippen LogP contribution is -2.13. The van der Waals surface area contributed by atoms with Crippen molar-refractivity contribution in [3.05, 3.63) is 71.8 Å². The first-order valence-electron chi connectivity index (χ1n) is 7.00. The van der Waals surface area contributed by atoms with Gasteiger partial charge in [-0.3, -0.25) is 4.79 Å². The van der Waals surface area contributed by atoms with Crippen molar-refractivity contribution < 1.29 is 9.53 Å². The summed E-state index contributed by atoms with van der Waals surface area (Å²) in [5.74, 6) is -0.512. The van der Waals surface area contributed by atoms with Gasteiger partial charge in [0.05, 0.1) is 7.11 Å². The Morgan fingerprint density at radius 3 is 2.52 bits per heavy atom. The highest BCUT2D eigenvalue weighted by Crippen LogP contribution is 2.48. The molecule has 0 saturated heterocycles. The van der Waals surface area contributed by atoms with Crippen LogP contribution in [0.1, 0.15) is 17.0 Å². The average Bonchev–Trinajstić information content (AvgIpc) is 2.89. The predicted molar refractivity (Wildman–Crippen MR) is 83.2 cm³/mol. The number of carbonyl (C=O) groups is 1. The summed E-state index contributed by atoms with van der Waals surface area (Å²) < 4.78 is 5.02. The van der Waals surface area contributed by atoms with E-state index in [9.17, 15) is 4.79 Å². The van der Waals surface area contributed by atoms with E-state index in [2.05, 4.69) is 30.3 Å². The SMILES string of the molecule is COC(=O)C1c2ccccc2-c2c1ccc1ccccc21. The lowest BCUT2D eigenvalue weighted by Gasteiger charge is -2.11. The standard InChI is InChI=1S/C19H14O2/c1-21-19(20)18-15-9-5-4-8-14(15)17-13-7-3-2-6-12(13)10-11-16(17)18/h2-11,18H,1H3. The summed E-state index contributed by atoms with van der Waals surface area (Å²) in [6.07, 6.45) is 0. The highest BCUT2D eigenvalue weighted by Gasteiger charge is 2.35. The van der Waals surface area contributed by atoms with Gasteiger partial charge in [-0.25, -0.2) is 0 Å². The van der Waals surface area contributed by atoms with E-state index in [4.69, 9.17) is 4.74 Å². The van der Waals surface area contributed by atoms with Gasteiger partial charge in [-0.2, -0.15) is 0 Å². The van der Waals surface area contributed by atoms with Gasteiger partial charge in [-0.05, 0) is 33.0 Å². The quantitative estimate of drug-likeness (QED) is 0.624. The fraction of sp³-hybridized carbons (Fsp3) is 0.105. The first kappa shape index (κ1) is 12.2. The molecule has 0 heterocycles. The summed E-state index contributed by atoms with van der Waals surface area (Å²) in [5.41, 5.74) is 4.39. The Balaban J connectivity index is 2.11. The van der Waals surface area contributed by atoms with Crippen molar-refractivity contribution in [2.75, 3.05) is 7.11 Å². The second-order valence-corrected chi connectivity index (χ2v) is 5.29. The maximum Gasteiger partial charge on any atom is 0.317 e. The second kappa shape index (κ2) is 4.45. The van der Waals surface area contributed by atoms with Crippen molar-refractivity contribution in [2.24, 2.45) is 0 Å². The van der Waals surface area contributed by atoms with E-state index >= 15 is 0 Å².